The van der Waals surface area contributed by atoms with Crippen molar-refractivity contribution in [1.82, 2.24) is 0 Å². The summed E-state index contributed by atoms with van der Waals surface area (Å²) >= 11 is 0. The van der Waals surface area contributed by atoms with Crippen molar-refractivity contribution in [2.24, 2.45) is 5.73 Å². The molecule has 0 amide bonds. The van der Waals surface area contributed by atoms with E-state index in [1.54, 1.807) is 0 Å². The van der Waals surface area contributed by atoms with Gasteiger partial charge in [0.2, 0.25) is 0 Å². The number of carbonyl (C=O) groups is 1. The van der Waals surface area contributed by atoms with Crippen molar-refractivity contribution >= 4 is 6.29 Å². The van der Waals surface area contributed by atoms with Crippen molar-refractivity contribution < 1.29 is 9.53 Å². The Hall–Kier alpha value is -0.410. The van der Waals surface area contributed by atoms with Crippen LogP contribution in [0.15, 0.2) is 0 Å². The van der Waals surface area contributed by atoms with Crippen molar-refractivity contribution in [3.05, 3.63) is 0 Å². The van der Waals surface area contributed by atoms with E-state index in [0.717, 1.165) is 25.9 Å². The van der Waals surface area contributed by atoms with Gasteiger partial charge in [0.05, 0.1) is 6.04 Å². The van der Waals surface area contributed by atoms with Crippen LogP contribution in [0.3, 0.4) is 0 Å². The molecule has 0 fully saturated rings. The van der Waals surface area contributed by atoms with E-state index in [1.807, 2.05) is 20.8 Å². The van der Waals surface area contributed by atoms with Gasteiger partial charge in [-0.3, -0.25) is 0 Å². The number of hydrogen-bond donors (Lipinski definition) is 1. The molecular weight excluding hydrogens is 142 g/mol. The van der Waals surface area contributed by atoms with Crippen molar-refractivity contribution in [2.45, 2.75) is 33.2 Å². The zero-order valence-corrected chi connectivity index (χ0v) is 7.67. The molecule has 3 nitrogen and oxygen atoms in total. The molecule has 0 spiro atoms. The van der Waals surface area contributed by atoms with Gasteiger partial charge in [-0.15, -0.1) is 0 Å². The lowest BCUT2D eigenvalue weighted by Gasteiger charge is -1.90. The molecule has 1 atom stereocenters. The van der Waals surface area contributed by atoms with E-state index >= 15 is 0 Å². The molecule has 0 radical (unpaired) electrons. The molecule has 68 valence electrons. The SMILES string of the molecule is CCC(N)C=O.CCOCC. The van der Waals surface area contributed by atoms with Crippen LogP contribution in [-0.2, 0) is 9.53 Å². The molecule has 0 heterocycles. The summed E-state index contributed by atoms with van der Waals surface area (Å²) in [5.41, 5.74) is 5.10. The fourth-order valence-electron chi connectivity index (χ4n) is 0.300. The standard InChI is InChI=1S/C4H9NO.C4H10O/c1-2-4(5)3-6;1-3-5-4-2/h3-4H,2,5H2,1H3;3-4H2,1-2H3. The van der Waals surface area contributed by atoms with Gasteiger partial charge in [0, 0.05) is 13.2 Å². The molecule has 0 aromatic heterocycles. The third-order valence-corrected chi connectivity index (χ3v) is 1.05. The largest absolute Gasteiger partial charge is 0.382 e. The number of nitrogens with two attached hydrogens (primary N) is 1. The Morgan fingerprint density at radius 1 is 1.36 bits per heavy atom. The maximum absolute atomic E-state index is 9.61. The van der Waals surface area contributed by atoms with Gasteiger partial charge in [0.25, 0.3) is 0 Å². The molecule has 0 bridgehead atoms. The summed E-state index contributed by atoms with van der Waals surface area (Å²) in [6, 6.07) is -0.245. The highest BCUT2D eigenvalue weighted by atomic mass is 16.5. The Bertz CT molecular complexity index is 74.5. The minimum absolute atomic E-state index is 0.245. The van der Waals surface area contributed by atoms with Gasteiger partial charge in [0.1, 0.15) is 6.29 Å². The molecule has 0 aliphatic rings. The second-order valence-electron chi connectivity index (χ2n) is 1.99. The smallest absolute Gasteiger partial charge is 0.136 e. The number of carbonyl (C=O) groups excluding carboxylic acids is 1. The van der Waals surface area contributed by atoms with Crippen LogP contribution in [0.5, 0.6) is 0 Å². The van der Waals surface area contributed by atoms with Crippen LogP contribution < -0.4 is 5.73 Å². The molecule has 0 aliphatic carbocycles. The fraction of sp³-hybridized carbons (Fsp3) is 0.875. The normalized spacial score (nSPS) is 11.3. The highest BCUT2D eigenvalue weighted by molar-refractivity contribution is 5.56. The van der Waals surface area contributed by atoms with Crippen LogP contribution in [0, 0.1) is 0 Å². The topological polar surface area (TPSA) is 52.3 Å². The maximum atomic E-state index is 9.61. The van der Waals surface area contributed by atoms with Crippen LogP contribution in [0.2, 0.25) is 0 Å². The van der Waals surface area contributed by atoms with Crippen LogP contribution in [0.1, 0.15) is 27.2 Å². The Morgan fingerprint density at radius 3 is 1.82 bits per heavy atom. The third-order valence-electron chi connectivity index (χ3n) is 1.05. The molecule has 0 rings (SSSR count). The van der Waals surface area contributed by atoms with Gasteiger partial charge < -0.3 is 15.3 Å². The highest BCUT2D eigenvalue weighted by Gasteiger charge is 1.89. The molecule has 0 saturated heterocycles. The Morgan fingerprint density at radius 2 is 1.82 bits per heavy atom. The predicted octanol–water partition coefficient (Wildman–Crippen LogP) is 0.965. The minimum Gasteiger partial charge on any atom is -0.382 e. The average Bonchev–Trinajstić information content (AvgIpc) is 2.06. The molecule has 0 saturated carbocycles. The van der Waals surface area contributed by atoms with Gasteiger partial charge in [-0.1, -0.05) is 6.92 Å². The van der Waals surface area contributed by atoms with Crippen molar-refractivity contribution in [3.63, 3.8) is 0 Å². The monoisotopic (exact) mass is 161 g/mol. The highest BCUT2D eigenvalue weighted by Crippen LogP contribution is 1.75. The van der Waals surface area contributed by atoms with Crippen molar-refractivity contribution in [2.75, 3.05) is 13.2 Å². The van der Waals surface area contributed by atoms with E-state index in [2.05, 4.69) is 0 Å². The number of aldehydes is 1. The first-order chi connectivity index (χ1) is 5.22. The van der Waals surface area contributed by atoms with Gasteiger partial charge >= 0.3 is 0 Å². The van der Waals surface area contributed by atoms with Crippen molar-refractivity contribution in [3.8, 4) is 0 Å². The molecule has 0 aliphatic heterocycles. The lowest BCUT2D eigenvalue weighted by molar-refractivity contribution is -0.108. The summed E-state index contributed by atoms with van der Waals surface area (Å²) in [6.07, 6.45) is 1.49. The summed E-state index contributed by atoms with van der Waals surface area (Å²) in [5, 5.41) is 0. The van der Waals surface area contributed by atoms with E-state index in [-0.39, 0.29) is 6.04 Å². The van der Waals surface area contributed by atoms with Gasteiger partial charge in [-0.05, 0) is 20.3 Å². The molecular formula is C8H19NO2. The summed E-state index contributed by atoms with van der Waals surface area (Å²) in [4.78, 5) is 9.61. The van der Waals surface area contributed by atoms with E-state index in [0.29, 0.717) is 0 Å². The predicted molar refractivity (Wildman–Crippen MR) is 46.5 cm³/mol. The van der Waals surface area contributed by atoms with Crippen molar-refractivity contribution in [1.29, 1.82) is 0 Å². The zero-order valence-electron chi connectivity index (χ0n) is 7.67. The Balaban J connectivity index is 0. The summed E-state index contributed by atoms with van der Waals surface area (Å²) in [5.74, 6) is 0. The number of rotatable bonds is 4. The molecule has 0 aromatic rings. The first-order valence-electron chi connectivity index (χ1n) is 4.01. The number of hydrogen-bond acceptors (Lipinski definition) is 3. The average molecular weight is 161 g/mol. The van der Waals surface area contributed by atoms with Gasteiger partial charge in [-0.25, -0.2) is 0 Å². The lowest BCUT2D eigenvalue weighted by Crippen LogP contribution is -2.19. The maximum Gasteiger partial charge on any atom is 0.136 e. The summed E-state index contributed by atoms with van der Waals surface area (Å²) < 4.78 is 4.83. The quantitative estimate of drug-likeness (QED) is 0.625. The molecule has 3 heteroatoms. The van der Waals surface area contributed by atoms with Gasteiger partial charge in [0.15, 0.2) is 0 Å². The molecule has 0 aromatic carbocycles. The van der Waals surface area contributed by atoms with E-state index in [9.17, 15) is 4.79 Å². The molecule has 11 heavy (non-hydrogen) atoms. The number of ether oxygens (including phenoxy) is 1. The first kappa shape index (κ1) is 13.2. The van der Waals surface area contributed by atoms with E-state index in [1.165, 1.54) is 0 Å². The zero-order chi connectivity index (χ0) is 9.11. The second kappa shape index (κ2) is 12.3. The van der Waals surface area contributed by atoms with Gasteiger partial charge in [-0.2, -0.15) is 0 Å². The molecule has 2 N–H and O–H groups in total. The Kier molecular flexibility index (Phi) is 14.7. The van der Waals surface area contributed by atoms with Crippen LogP contribution in [0.25, 0.3) is 0 Å². The van der Waals surface area contributed by atoms with E-state index in [4.69, 9.17) is 10.5 Å². The summed E-state index contributed by atoms with van der Waals surface area (Å²) in [7, 11) is 0. The van der Waals surface area contributed by atoms with E-state index < -0.39 is 0 Å². The fourth-order valence-corrected chi connectivity index (χ4v) is 0.300. The first-order valence-corrected chi connectivity index (χ1v) is 4.01. The summed E-state index contributed by atoms with van der Waals surface area (Å²) in [6.45, 7) is 7.54. The van der Waals surface area contributed by atoms with Crippen LogP contribution in [-0.4, -0.2) is 25.5 Å². The Labute approximate surface area is 68.9 Å². The van der Waals surface area contributed by atoms with Crippen LogP contribution >= 0.6 is 0 Å². The lowest BCUT2D eigenvalue weighted by atomic mass is 10.3. The minimum atomic E-state index is -0.245. The van der Waals surface area contributed by atoms with Crippen LogP contribution in [0.4, 0.5) is 0 Å². The molecule has 1 unspecified atom stereocenters. The third kappa shape index (κ3) is 17.7. The second-order valence-corrected chi connectivity index (χ2v) is 1.99.